The molecule has 144 valence electrons. The molecular formula is C20H25N3O4. The Labute approximate surface area is 158 Å². The van der Waals surface area contributed by atoms with E-state index in [-0.39, 0.29) is 23.8 Å². The van der Waals surface area contributed by atoms with Gasteiger partial charge in [0, 0.05) is 25.6 Å². The van der Waals surface area contributed by atoms with Crippen molar-refractivity contribution in [1.29, 1.82) is 0 Å². The molecule has 1 atom stereocenters. The summed E-state index contributed by atoms with van der Waals surface area (Å²) in [6, 6.07) is 3.44. The van der Waals surface area contributed by atoms with Gasteiger partial charge in [0.2, 0.25) is 5.91 Å². The number of piperidine rings is 1. The third kappa shape index (κ3) is 2.95. The number of likely N-dealkylation sites (N-methyl/N-ethyl adjacent to an activating group) is 1. The molecule has 1 spiro atoms. The van der Waals surface area contributed by atoms with Crippen LogP contribution in [-0.2, 0) is 33.1 Å². The van der Waals surface area contributed by atoms with E-state index in [2.05, 4.69) is 16.7 Å². The van der Waals surface area contributed by atoms with Crippen molar-refractivity contribution < 1.29 is 19.1 Å². The van der Waals surface area contributed by atoms with Gasteiger partial charge >= 0.3 is 0 Å². The van der Waals surface area contributed by atoms with Gasteiger partial charge in [0.05, 0.1) is 12.2 Å². The molecule has 0 saturated carbocycles. The summed E-state index contributed by atoms with van der Waals surface area (Å²) in [7, 11) is 1.55. The van der Waals surface area contributed by atoms with Crippen molar-refractivity contribution in [1.82, 2.24) is 15.5 Å². The predicted molar refractivity (Wildman–Crippen MR) is 98.0 cm³/mol. The van der Waals surface area contributed by atoms with E-state index in [9.17, 15) is 14.4 Å². The highest BCUT2D eigenvalue weighted by molar-refractivity contribution is 6.01. The SMILES string of the molecule is CNC(=O)C(CCC=O)N1Cc2cc3c(cc2C1=O)COC31CCNCC1. The van der Waals surface area contributed by atoms with E-state index >= 15 is 0 Å². The summed E-state index contributed by atoms with van der Waals surface area (Å²) in [4.78, 5) is 37.7. The standard InChI is InChI=1S/C20H25N3O4/c1-21-18(25)17(3-2-8-24)23-11-13-10-16-14(9-15(13)19(23)26)12-27-20(16)4-6-22-7-5-20/h8-10,17,22H,2-7,11-12H2,1H3,(H,21,25). The first-order valence-corrected chi connectivity index (χ1v) is 9.57. The number of hydrogen-bond donors (Lipinski definition) is 2. The number of carbonyl (C=O) groups is 3. The average molecular weight is 371 g/mol. The number of benzene rings is 1. The minimum absolute atomic E-state index is 0.140. The van der Waals surface area contributed by atoms with Crippen LogP contribution in [0.1, 0.15) is 52.7 Å². The molecule has 1 aromatic carbocycles. The minimum atomic E-state index is -0.626. The smallest absolute Gasteiger partial charge is 0.255 e. The lowest BCUT2D eigenvalue weighted by Gasteiger charge is -2.34. The maximum atomic E-state index is 13.0. The van der Waals surface area contributed by atoms with E-state index in [4.69, 9.17) is 4.74 Å². The second kappa shape index (κ2) is 7.05. The molecule has 7 heteroatoms. The van der Waals surface area contributed by atoms with Crippen molar-refractivity contribution in [3.63, 3.8) is 0 Å². The Kier molecular flexibility index (Phi) is 4.74. The quantitative estimate of drug-likeness (QED) is 0.749. The van der Waals surface area contributed by atoms with Crippen molar-refractivity contribution in [2.45, 2.75) is 50.5 Å². The molecule has 0 aliphatic carbocycles. The Balaban J connectivity index is 1.65. The Morgan fingerprint density at radius 1 is 1.37 bits per heavy atom. The van der Waals surface area contributed by atoms with Crippen LogP contribution in [0, 0.1) is 0 Å². The molecule has 0 bridgehead atoms. The molecule has 2 N–H and O–H groups in total. The fourth-order valence-corrected chi connectivity index (χ4v) is 4.58. The molecular weight excluding hydrogens is 346 g/mol. The number of carbonyl (C=O) groups excluding carboxylic acids is 3. The van der Waals surface area contributed by atoms with E-state index in [0.29, 0.717) is 25.1 Å². The summed E-state index contributed by atoms with van der Waals surface area (Å²) in [6.45, 7) is 2.77. The number of ether oxygens (including phenoxy) is 1. The summed E-state index contributed by atoms with van der Waals surface area (Å²) in [5.41, 5.74) is 3.63. The molecule has 3 aliphatic rings. The summed E-state index contributed by atoms with van der Waals surface area (Å²) in [6.07, 6.45) is 3.23. The zero-order chi connectivity index (χ0) is 19.0. The Hall–Kier alpha value is -2.25. The number of nitrogens with one attached hydrogen (secondary N) is 2. The fourth-order valence-electron chi connectivity index (χ4n) is 4.58. The van der Waals surface area contributed by atoms with Crippen LogP contribution in [0.25, 0.3) is 0 Å². The number of fused-ring (bicyclic) bond motifs is 3. The Morgan fingerprint density at radius 2 is 2.15 bits per heavy atom. The van der Waals surface area contributed by atoms with Crippen LogP contribution in [0.2, 0.25) is 0 Å². The first-order chi connectivity index (χ1) is 13.1. The molecule has 3 heterocycles. The highest BCUT2D eigenvalue weighted by Gasteiger charge is 2.44. The van der Waals surface area contributed by atoms with E-state index in [1.54, 1.807) is 11.9 Å². The number of aldehydes is 1. The van der Waals surface area contributed by atoms with E-state index in [1.165, 1.54) is 5.56 Å². The van der Waals surface area contributed by atoms with E-state index in [1.807, 2.05) is 6.07 Å². The van der Waals surface area contributed by atoms with Crippen molar-refractivity contribution in [3.8, 4) is 0 Å². The Morgan fingerprint density at radius 3 is 2.85 bits per heavy atom. The molecule has 1 saturated heterocycles. The van der Waals surface area contributed by atoms with Crippen molar-refractivity contribution in [2.24, 2.45) is 0 Å². The molecule has 3 aliphatic heterocycles. The van der Waals surface area contributed by atoms with Gasteiger partial charge in [-0.1, -0.05) is 0 Å². The zero-order valence-corrected chi connectivity index (χ0v) is 15.5. The molecule has 1 fully saturated rings. The van der Waals surface area contributed by atoms with Gasteiger partial charge in [0.25, 0.3) is 5.91 Å². The molecule has 1 aromatic rings. The largest absolute Gasteiger partial charge is 0.365 e. The van der Waals surface area contributed by atoms with Gasteiger partial charge in [-0.2, -0.15) is 0 Å². The lowest BCUT2D eigenvalue weighted by atomic mass is 9.83. The van der Waals surface area contributed by atoms with Gasteiger partial charge in [-0.05, 0) is 61.2 Å². The molecule has 4 rings (SSSR count). The van der Waals surface area contributed by atoms with Crippen molar-refractivity contribution in [3.05, 3.63) is 34.4 Å². The van der Waals surface area contributed by atoms with Crippen LogP contribution in [0.4, 0.5) is 0 Å². The molecule has 7 nitrogen and oxygen atoms in total. The molecule has 0 radical (unpaired) electrons. The topological polar surface area (TPSA) is 87.7 Å². The van der Waals surface area contributed by atoms with Gasteiger partial charge in [-0.25, -0.2) is 0 Å². The summed E-state index contributed by atoms with van der Waals surface area (Å²) < 4.78 is 6.18. The lowest BCUT2D eigenvalue weighted by molar-refractivity contribution is -0.125. The molecule has 2 amide bonds. The van der Waals surface area contributed by atoms with Crippen LogP contribution < -0.4 is 10.6 Å². The third-order valence-electron chi connectivity index (χ3n) is 6.05. The monoisotopic (exact) mass is 371 g/mol. The van der Waals surface area contributed by atoms with Crippen LogP contribution >= 0.6 is 0 Å². The van der Waals surface area contributed by atoms with Crippen LogP contribution in [0.3, 0.4) is 0 Å². The average Bonchev–Trinajstić information content (AvgIpc) is 3.19. The van der Waals surface area contributed by atoms with Gasteiger partial charge in [0.1, 0.15) is 12.3 Å². The van der Waals surface area contributed by atoms with E-state index in [0.717, 1.165) is 43.3 Å². The van der Waals surface area contributed by atoms with Crippen LogP contribution in [0.15, 0.2) is 12.1 Å². The maximum absolute atomic E-state index is 13.0. The van der Waals surface area contributed by atoms with Gasteiger partial charge in [-0.15, -0.1) is 0 Å². The fraction of sp³-hybridized carbons (Fsp3) is 0.550. The molecule has 27 heavy (non-hydrogen) atoms. The van der Waals surface area contributed by atoms with Gasteiger partial charge in [-0.3, -0.25) is 9.59 Å². The maximum Gasteiger partial charge on any atom is 0.255 e. The van der Waals surface area contributed by atoms with Gasteiger partial charge in [0.15, 0.2) is 0 Å². The summed E-state index contributed by atoms with van der Waals surface area (Å²) in [5.74, 6) is -0.373. The van der Waals surface area contributed by atoms with Crippen molar-refractivity contribution >= 4 is 18.1 Å². The number of rotatable bonds is 5. The second-order valence-corrected chi connectivity index (χ2v) is 7.51. The number of amides is 2. The Bertz CT molecular complexity index is 786. The highest BCUT2D eigenvalue weighted by atomic mass is 16.5. The second-order valence-electron chi connectivity index (χ2n) is 7.51. The van der Waals surface area contributed by atoms with E-state index < -0.39 is 6.04 Å². The summed E-state index contributed by atoms with van der Waals surface area (Å²) in [5, 5.41) is 5.99. The lowest BCUT2D eigenvalue weighted by Crippen LogP contribution is -2.46. The molecule has 1 unspecified atom stereocenters. The van der Waals surface area contributed by atoms with Crippen LogP contribution in [0.5, 0.6) is 0 Å². The summed E-state index contributed by atoms with van der Waals surface area (Å²) >= 11 is 0. The first-order valence-electron chi connectivity index (χ1n) is 9.57. The number of nitrogens with zero attached hydrogens (tertiary/aromatic N) is 1. The normalized spacial score (nSPS) is 21.1. The number of hydrogen-bond acceptors (Lipinski definition) is 5. The third-order valence-corrected chi connectivity index (χ3v) is 6.05. The predicted octanol–water partition coefficient (Wildman–Crippen LogP) is 0.845. The van der Waals surface area contributed by atoms with Gasteiger partial charge < -0.3 is 25.1 Å². The zero-order valence-electron chi connectivity index (χ0n) is 15.5. The van der Waals surface area contributed by atoms with Crippen LogP contribution in [-0.4, -0.2) is 49.2 Å². The first kappa shape index (κ1) is 18.1. The minimum Gasteiger partial charge on any atom is -0.365 e. The molecule has 0 aromatic heterocycles. The van der Waals surface area contributed by atoms with Crippen molar-refractivity contribution in [2.75, 3.05) is 20.1 Å². The highest BCUT2D eigenvalue weighted by Crippen LogP contribution is 2.45.